The van der Waals surface area contributed by atoms with Crippen LogP contribution in [0.2, 0.25) is 0 Å². The van der Waals surface area contributed by atoms with E-state index in [4.69, 9.17) is 4.74 Å². The molecule has 0 saturated heterocycles. The molecular weight excluding hydrogens is 200 g/mol. The van der Waals surface area contributed by atoms with Crippen LogP contribution < -0.4 is 0 Å². The first-order valence-electron chi connectivity index (χ1n) is 5.82. The van der Waals surface area contributed by atoms with Crippen molar-refractivity contribution >= 4 is 5.97 Å². The third-order valence-corrected chi connectivity index (χ3v) is 4.08. The van der Waals surface area contributed by atoms with Crippen molar-refractivity contribution in [2.24, 2.45) is 5.41 Å². The summed E-state index contributed by atoms with van der Waals surface area (Å²) in [7, 11) is 1.48. The summed E-state index contributed by atoms with van der Waals surface area (Å²) in [5.41, 5.74) is 2.25. The number of hydrogen-bond acceptors (Lipinski definition) is 2. The molecule has 1 aliphatic rings. The van der Waals surface area contributed by atoms with E-state index in [9.17, 15) is 4.79 Å². The van der Waals surface area contributed by atoms with E-state index in [1.165, 1.54) is 18.2 Å². The van der Waals surface area contributed by atoms with Gasteiger partial charge >= 0.3 is 5.97 Å². The summed E-state index contributed by atoms with van der Waals surface area (Å²) in [6.07, 6.45) is 1.64. The zero-order valence-corrected chi connectivity index (χ0v) is 10.1. The van der Waals surface area contributed by atoms with E-state index in [0.29, 0.717) is 0 Å². The highest BCUT2D eigenvalue weighted by molar-refractivity contribution is 5.80. The Kier molecular flexibility index (Phi) is 2.75. The molecular formula is C14H18O2. The maximum atomic E-state index is 12.0. The van der Waals surface area contributed by atoms with E-state index in [-0.39, 0.29) is 17.3 Å². The predicted molar refractivity (Wildman–Crippen MR) is 63.3 cm³/mol. The van der Waals surface area contributed by atoms with Crippen molar-refractivity contribution in [2.45, 2.75) is 32.6 Å². The number of carbonyl (C=O) groups is 1. The van der Waals surface area contributed by atoms with Gasteiger partial charge in [0, 0.05) is 0 Å². The molecule has 2 rings (SSSR count). The Bertz CT molecular complexity index is 411. The Morgan fingerprint density at radius 3 is 2.75 bits per heavy atom. The number of ether oxygens (including phenoxy) is 1. The highest BCUT2D eigenvalue weighted by Gasteiger charge is 2.48. The van der Waals surface area contributed by atoms with Crippen molar-refractivity contribution in [3.8, 4) is 0 Å². The van der Waals surface area contributed by atoms with Gasteiger partial charge in [0.2, 0.25) is 0 Å². The van der Waals surface area contributed by atoms with Crippen LogP contribution in [-0.4, -0.2) is 13.1 Å². The minimum atomic E-state index is -0.349. The van der Waals surface area contributed by atoms with Gasteiger partial charge in [0.1, 0.15) is 0 Å². The summed E-state index contributed by atoms with van der Waals surface area (Å²) in [5, 5.41) is 0. The highest BCUT2D eigenvalue weighted by Crippen LogP contribution is 2.49. The Hall–Kier alpha value is -1.31. The monoisotopic (exact) mass is 218 g/mol. The molecule has 2 nitrogen and oxygen atoms in total. The zero-order valence-electron chi connectivity index (χ0n) is 10.1. The van der Waals surface area contributed by atoms with Crippen molar-refractivity contribution in [2.75, 3.05) is 7.11 Å². The third-order valence-electron chi connectivity index (χ3n) is 4.08. The number of methoxy groups -OCH3 is 1. The van der Waals surface area contributed by atoms with Gasteiger partial charge in [0.15, 0.2) is 0 Å². The quantitative estimate of drug-likeness (QED) is 0.713. The van der Waals surface area contributed by atoms with E-state index in [2.05, 4.69) is 26.0 Å². The molecule has 2 atom stereocenters. The number of fused-ring (bicyclic) bond motifs is 1. The van der Waals surface area contributed by atoms with Crippen LogP contribution in [0.25, 0.3) is 0 Å². The molecule has 0 aromatic heterocycles. The molecule has 0 bridgehead atoms. The lowest BCUT2D eigenvalue weighted by atomic mass is 9.75. The zero-order chi connectivity index (χ0) is 11.8. The molecule has 0 saturated carbocycles. The normalized spacial score (nSPS) is 27.6. The van der Waals surface area contributed by atoms with Crippen molar-refractivity contribution in [1.29, 1.82) is 0 Å². The van der Waals surface area contributed by atoms with Crippen molar-refractivity contribution < 1.29 is 9.53 Å². The molecule has 0 heterocycles. The van der Waals surface area contributed by atoms with E-state index in [1.807, 2.05) is 12.1 Å². The summed E-state index contributed by atoms with van der Waals surface area (Å²) in [4.78, 5) is 12.0. The fraction of sp³-hybridized carbons (Fsp3) is 0.500. The number of carbonyl (C=O) groups excluding carboxylic acids is 1. The average Bonchev–Trinajstić information content (AvgIpc) is 2.63. The van der Waals surface area contributed by atoms with Crippen molar-refractivity contribution in [3.05, 3.63) is 35.4 Å². The minimum Gasteiger partial charge on any atom is -0.469 e. The van der Waals surface area contributed by atoms with Gasteiger partial charge in [0.25, 0.3) is 0 Å². The van der Waals surface area contributed by atoms with E-state index < -0.39 is 0 Å². The Labute approximate surface area is 96.6 Å². The molecule has 0 aliphatic heterocycles. The van der Waals surface area contributed by atoms with Crippen molar-refractivity contribution in [3.63, 3.8) is 0 Å². The molecule has 1 aromatic rings. The standard InChI is InChI=1S/C14H18O2/c1-4-14(13(15)16-3)9-11-7-5-6-8-12(11)10(14)2/h5-8,10H,4,9H2,1-3H3. The summed E-state index contributed by atoms with van der Waals surface area (Å²) in [6, 6.07) is 8.32. The van der Waals surface area contributed by atoms with E-state index in [1.54, 1.807) is 0 Å². The van der Waals surface area contributed by atoms with Gasteiger partial charge in [-0.3, -0.25) is 4.79 Å². The number of esters is 1. The van der Waals surface area contributed by atoms with E-state index in [0.717, 1.165) is 12.8 Å². The molecule has 1 aromatic carbocycles. The number of hydrogen-bond donors (Lipinski definition) is 0. The second-order valence-corrected chi connectivity index (χ2v) is 4.60. The maximum absolute atomic E-state index is 12.0. The van der Waals surface area contributed by atoms with Gasteiger partial charge in [-0.05, 0) is 29.9 Å². The van der Waals surface area contributed by atoms with Crippen LogP contribution >= 0.6 is 0 Å². The molecule has 0 radical (unpaired) electrons. The molecule has 1 aliphatic carbocycles. The Morgan fingerprint density at radius 2 is 2.19 bits per heavy atom. The fourth-order valence-electron chi connectivity index (χ4n) is 2.94. The number of rotatable bonds is 2. The van der Waals surface area contributed by atoms with Crippen LogP contribution in [0.3, 0.4) is 0 Å². The van der Waals surface area contributed by atoms with Gasteiger partial charge in [-0.15, -0.1) is 0 Å². The van der Waals surface area contributed by atoms with Crippen LogP contribution in [0.1, 0.15) is 37.3 Å². The second-order valence-electron chi connectivity index (χ2n) is 4.60. The van der Waals surface area contributed by atoms with Gasteiger partial charge in [-0.2, -0.15) is 0 Å². The second kappa shape index (κ2) is 3.93. The van der Waals surface area contributed by atoms with Gasteiger partial charge in [0.05, 0.1) is 12.5 Å². The van der Waals surface area contributed by atoms with Gasteiger partial charge in [-0.1, -0.05) is 38.1 Å². The largest absolute Gasteiger partial charge is 0.469 e. The predicted octanol–water partition coefficient (Wildman–Crippen LogP) is 2.92. The fourth-order valence-corrected chi connectivity index (χ4v) is 2.94. The molecule has 0 amide bonds. The first kappa shape index (κ1) is 11.2. The molecule has 0 N–H and O–H groups in total. The Morgan fingerprint density at radius 1 is 1.50 bits per heavy atom. The number of benzene rings is 1. The SMILES string of the molecule is CCC1(C(=O)OC)Cc2ccccc2C1C. The molecule has 86 valence electrons. The van der Waals surface area contributed by atoms with Crippen LogP contribution in [0.15, 0.2) is 24.3 Å². The lowest BCUT2D eigenvalue weighted by molar-refractivity contribution is -0.153. The first-order valence-corrected chi connectivity index (χ1v) is 5.82. The molecule has 16 heavy (non-hydrogen) atoms. The summed E-state index contributed by atoms with van der Waals surface area (Å²) >= 11 is 0. The van der Waals surface area contributed by atoms with E-state index >= 15 is 0 Å². The maximum Gasteiger partial charge on any atom is 0.312 e. The molecule has 0 spiro atoms. The minimum absolute atomic E-state index is 0.0706. The summed E-state index contributed by atoms with van der Waals surface area (Å²) in [6.45, 7) is 4.20. The summed E-state index contributed by atoms with van der Waals surface area (Å²) < 4.78 is 4.99. The molecule has 0 fully saturated rings. The lowest BCUT2D eigenvalue weighted by Gasteiger charge is -2.29. The third kappa shape index (κ3) is 1.36. The average molecular weight is 218 g/mol. The highest BCUT2D eigenvalue weighted by atomic mass is 16.5. The molecule has 2 heteroatoms. The van der Waals surface area contributed by atoms with Gasteiger partial charge < -0.3 is 4.74 Å². The van der Waals surface area contributed by atoms with Gasteiger partial charge in [-0.25, -0.2) is 0 Å². The van der Waals surface area contributed by atoms with Crippen LogP contribution in [0, 0.1) is 5.41 Å². The van der Waals surface area contributed by atoms with Crippen LogP contribution in [0.4, 0.5) is 0 Å². The topological polar surface area (TPSA) is 26.3 Å². The van der Waals surface area contributed by atoms with Crippen LogP contribution in [0.5, 0.6) is 0 Å². The first-order chi connectivity index (χ1) is 7.65. The summed E-state index contributed by atoms with van der Waals surface area (Å²) in [5.74, 6) is 0.180. The Balaban J connectivity index is 2.45. The lowest BCUT2D eigenvalue weighted by Crippen LogP contribution is -2.34. The van der Waals surface area contributed by atoms with Crippen LogP contribution in [-0.2, 0) is 16.0 Å². The molecule has 2 unspecified atom stereocenters. The smallest absolute Gasteiger partial charge is 0.312 e. The van der Waals surface area contributed by atoms with Crippen molar-refractivity contribution in [1.82, 2.24) is 0 Å².